The molecule has 2 rings (SSSR count). The Hall–Kier alpha value is -2.63. The van der Waals surface area contributed by atoms with Crippen molar-refractivity contribution in [3.05, 3.63) is 48.0 Å². The first kappa shape index (κ1) is 23.6. The van der Waals surface area contributed by atoms with Crippen molar-refractivity contribution in [3.63, 3.8) is 0 Å². The van der Waals surface area contributed by atoms with E-state index in [1.807, 2.05) is 0 Å². The first-order valence-electron chi connectivity index (χ1n) is 8.82. The number of amides is 1. The van der Waals surface area contributed by atoms with Crippen LogP contribution >= 0.6 is 0 Å². The molecule has 0 fully saturated rings. The van der Waals surface area contributed by atoms with Gasteiger partial charge in [0.1, 0.15) is 11.5 Å². The molecule has 0 spiro atoms. The Morgan fingerprint density at radius 3 is 2.37 bits per heavy atom. The van der Waals surface area contributed by atoms with E-state index in [2.05, 4.69) is 0 Å². The molecule has 0 aromatic heterocycles. The maximum Gasteiger partial charge on any atom is 0.257 e. The fourth-order valence-corrected chi connectivity index (χ4v) is 3.82. The van der Waals surface area contributed by atoms with Gasteiger partial charge in [0.05, 0.1) is 29.1 Å². The molecule has 0 aliphatic carbocycles. The predicted molar refractivity (Wildman–Crippen MR) is 111 cm³/mol. The van der Waals surface area contributed by atoms with Crippen LogP contribution in [0.2, 0.25) is 0 Å². The van der Waals surface area contributed by atoms with Gasteiger partial charge in [-0.3, -0.25) is 4.79 Å². The van der Waals surface area contributed by atoms with Crippen molar-refractivity contribution in [1.82, 2.24) is 4.90 Å². The molecule has 2 N–H and O–H groups in total. The lowest BCUT2D eigenvalue weighted by Crippen LogP contribution is -2.29. The van der Waals surface area contributed by atoms with Crippen LogP contribution in [0, 0.1) is 0 Å². The monoisotopic (exact) mass is 456 g/mol. The van der Waals surface area contributed by atoms with Crippen LogP contribution in [0.4, 0.5) is 0 Å². The van der Waals surface area contributed by atoms with Crippen molar-refractivity contribution >= 4 is 25.8 Å². The first-order valence-corrected chi connectivity index (χ1v) is 12.3. The number of primary sulfonamides is 1. The third-order valence-corrected chi connectivity index (χ3v) is 6.24. The van der Waals surface area contributed by atoms with E-state index in [0.29, 0.717) is 18.7 Å². The number of rotatable bonds is 9. The van der Waals surface area contributed by atoms with Gasteiger partial charge in [-0.15, -0.1) is 0 Å². The minimum atomic E-state index is -3.96. The number of sulfone groups is 1. The van der Waals surface area contributed by atoms with Crippen LogP contribution in [-0.2, 0) is 19.9 Å². The van der Waals surface area contributed by atoms with Crippen LogP contribution in [0.5, 0.6) is 11.5 Å². The Morgan fingerprint density at radius 1 is 1.07 bits per heavy atom. The quantitative estimate of drug-likeness (QED) is 0.562. The zero-order valence-corrected chi connectivity index (χ0v) is 18.5. The zero-order valence-electron chi connectivity index (χ0n) is 16.9. The normalized spacial score (nSPS) is 11.7. The minimum absolute atomic E-state index is 0.0771. The highest BCUT2D eigenvalue weighted by Crippen LogP contribution is 2.23. The molecule has 2 aromatic rings. The number of hydrogen-bond acceptors (Lipinski definition) is 7. The van der Waals surface area contributed by atoms with Crippen molar-refractivity contribution in [2.45, 2.75) is 16.2 Å². The van der Waals surface area contributed by atoms with E-state index in [9.17, 15) is 21.6 Å². The van der Waals surface area contributed by atoms with Crippen molar-refractivity contribution < 1.29 is 31.1 Å². The number of carbonyl (C=O) groups excluding carboxylic acids is 1. The second-order valence-corrected chi connectivity index (χ2v) is 10.2. The zero-order chi connectivity index (χ0) is 22.5. The summed E-state index contributed by atoms with van der Waals surface area (Å²) in [6.45, 7) is 0.562. The summed E-state index contributed by atoms with van der Waals surface area (Å²) in [5, 5.41) is 5.14. The highest BCUT2D eigenvalue weighted by Gasteiger charge is 2.20. The summed E-state index contributed by atoms with van der Waals surface area (Å²) in [6.07, 6.45) is 1.58. The van der Waals surface area contributed by atoms with Gasteiger partial charge in [-0.25, -0.2) is 22.0 Å². The Balaban J connectivity index is 2.00. The summed E-state index contributed by atoms with van der Waals surface area (Å²) in [7, 11) is -4.35. The Morgan fingerprint density at radius 2 is 1.77 bits per heavy atom. The summed E-state index contributed by atoms with van der Waals surface area (Å²) < 4.78 is 57.0. The molecule has 2 aromatic carbocycles. The van der Waals surface area contributed by atoms with Crippen LogP contribution in [0.3, 0.4) is 0 Å². The SMILES string of the molecule is COc1ccc(S(N)(=O)=O)cc1C(=O)N(C)CCCOc1cccc(S(C)(=O)=O)c1. The molecule has 0 aliphatic rings. The van der Waals surface area contributed by atoms with Crippen molar-refractivity contribution in [1.29, 1.82) is 0 Å². The van der Waals surface area contributed by atoms with Gasteiger partial charge in [-0.1, -0.05) is 6.07 Å². The molecule has 30 heavy (non-hydrogen) atoms. The van der Waals surface area contributed by atoms with Gasteiger partial charge >= 0.3 is 0 Å². The van der Waals surface area contributed by atoms with Crippen LogP contribution in [0.1, 0.15) is 16.8 Å². The highest BCUT2D eigenvalue weighted by molar-refractivity contribution is 7.90. The number of methoxy groups -OCH3 is 1. The molecule has 164 valence electrons. The number of sulfonamides is 1. The van der Waals surface area contributed by atoms with Crippen LogP contribution in [-0.4, -0.2) is 61.2 Å². The summed E-state index contributed by atoms with van der Waals surface area (Å²) in [6, 6.07) is 9.98. The molecule has 0 radical (unpaired) electrons. The number of nitrogens with zero attached hydrogens (tertiary/aromatic N) is 1. The number of nitrogens with two attached hydrogens (primary N) is 1. The van der Waals surface area contributed by atoms with Gasteiger partial charge in [-0.2, -0.15) is 0 Å². The lowest BCUT2D eigenvalue weighted by molar-refractivity contribution is 0.0784. The van der Waals surface area contributed by atoms with Gasteiger partial charge in [0.2, 0.25) is 10.0 Å². The highest BCUT2D eigenvalue weighted by atomic mass is 32.2. The van der Waals surface area contributed by atoms with E-state index in [-0.39, 0.29) is 27.7 Å². The molecular weight excluding hydrogens is 432 g/mol. The van der Waals surface area contributed by atoms with Gasteiger partial charge in [0, 0.05) is 19.8 Å². The molecule has 9 nitrogen and oxygen atoms in total. The van der Waals surface area contributed by atoms with E-state index >= 15 is 0 Å². The molecule has 0 atom stereocenters. The molecular formula is C19H24N2O7S2. The first-order chi connectivity index (χ1) is 13.9. The van der Waals surface area contributed by atoms with Crippen LogP contribution in [0.15, 0.2) is 52.3 Å². The fourth-order valence-electron chi connectivity index (χ4n) is 2.62. The van der Waals surface area contributed by atoms with Crippen molar-refractivity contribution in [2.75, 3.05) is 33.6 Å². The lowest BCUT2D eigenvalue weighted by Gasteiger charge is -2.19. The molecule has 0 bridgehead atoms. The maximum atomic E-state index is 12.7. The topological polar surface area (TPSA) is 133 Å². The fraction of sp³-hybridized carbons (Fsp3) is 0.316. The number of carbonyl (C=O) groups is 1. The van der Waals surface area contributed by atoms with E-state index in [1.54, 1.807) is 19.2 Å². The van der Waals surface area contributed by atoms with Gasteiger partial charge in [-0.05, 0) is 42.8 Å². The number of benzene rings is 2. The standard InChI is InChI=1S/C19H24N2O7S2/c1-21(10-5-11-28-14-6-4-7-15(12-14)29(3,23)24)19(22)17-13-16(30(20,25)26)8-9-18(17)27-2/h4,6-9,12-13H,5,10-11H2,1-3H3,(H2,20,25,26). The van der Waals surface area contributed by atoms with E-state index in [0.717, 1.165) is 6.26 Å². The molecule has 0 heterocycles. The summed E-state index contributed by atoms with van der Waals surface area (Å²) in [4.78, 5) is 14.1. The minimum Gasteiger partial charge on any atom is -0.496 e. The Kier molecular flexibility index (Phi) is 7.45. The van der Waals surface area contributed by atoms with Crippen molar-refractivity contribution in [2.24, 2.45) is 5.14 Å². The summed E-state index contributed by atoms with van der Waals surface area (Å²) in [5.41, 5.74) is 0.0771. The second-order valence-electron chi connectivity index (χ2n) is 6.58. The van der Waals surface area contributed by atoms with Gasteiger partial charge < -0.3 is 14.4 Å². The number of hydrogen-bond donors (Lipinski definition) is 1. The molecule has 0 saturated heterocycles. The number of ether oxygens (including phenoxy) is 2. The molecule has 1 amide bonds. The third kappa shape index (κ3) is 6.18. The Bertz CT molecular complexity index is 1130. The predicted octanol–water partition coefficient (Wildman–Crippen LogP) is 1.29. The van der Waals surface area contributed by atoms with Crippen LogP contribution < -0.4 is 14.6 Å². The smallest absolute Gasteiger partial charge is 0.257 e. The van der Waals surface area contributed by atoms with E-state index in [1.165, 1.54) is 42.3 Å². The molecule has 11 heteroatoms. The maximum absolute atomic E-state index is 12.7. The van der Waals surface area contributed by atoms with Crippen molar-refractivity contribution in [3.8, 4) is 11.5 Å². The summed E-state index contributed by atoms with van der Waals surface area (Å²) >= 11 is 0. The molecule has 0 saturated carbocycles. The Labute approximate surface area is 176 Å². The molecule has 0 unspecified atom stereocenters. The van der Waals surface area contributed by atoms with E-state index < -0.39 is 25.8 Å². The third-order valence-electron chi connectivity index (χ3n) is 4.22. The van der Waals surface area contributed by atoms with Gasteiger partial charge in [0.15, 0.2) is 9.84 Å². The average molecular weight is 457 g/mol. The summed E-state index contributed by atoms with van der Waals surface area (Å²) in [5.74, 6) is 0.207. The lowest BCUT2D eigenvalue weighted by atomic mass is 10.1. The molecule has 0 aliphatic heterocycles. The van der Waals surface area contributed by atoms with E-state index in [4.69, 9.17) is 14.6 Å². The van der Waals surface area contributed by atoms with Gasteiger partial charge in [0.25, 0.3) is 5.91 Å². The second kappa shape index (κ2) is 9.45. The largest absolute Gasteiger partial charge is 0.496 e. The van der Waals surface area contributed by atoms with Crippen LogP contribution in [0.25, 0.3) is 0 Å². The average Bonchev–Trinajstić information content (AvgIpc) is 2.68.